The minimum Gasteiger partial charge on any atom is -0.493 e. The number of carbonyl (C=O) groups is 1. The molecule has 0 fully saturated rings. The summed E-state index contributed by atoms with van der Waals surface area (Å²) >= 11 is 0. The second-order valence-corrected chi connectivity index (χ2v) is 5.47. The van der Waals surface area contributed by atoms with Gasteiger partial charge in [-0.15, -0.1) is 0 Å². The first kappa shape index (κ1) is 17.3. The summed E-state index contributed by atoms with van der Waals surface area (Å²) < 4.78 is 10.5. The van der Waals surface area contributed by atoms with E-state index in [1.54, 1.807) is 26.2 Å². The van der Waals surface area contributed by atoms with E-state index in [-0.39, 0.29) is 17.7 Å². The second kappa shape index (κ2) is 7.88. The fourth-order valence-corrected chi connectivity index (χ4v) is 2.27. The predicted octanol–water partition coefficient (Wildman–Crippen LogP) is 1.89. The third-order valence-corrected chi connectivity index (χ3v) is 3.62. The molecular weight excluding hydrogens is 268 g/mol. The highest BCUT2D eigenvalue weighted by Crippen LogP contribution is 2.28. The van der Waals surface area contributed by atoms with Crippen molar-refractivity contribution in [1.29, 1.82) is 0 Å². The Morgan fingerprint density at radius 3 is 2.33 bits per heavy atom. The van der Waals surface area contributed by atoms with Crippen molar-refractivity contribution >= 4 is 5.91 Å². The Hall–Kier alpha value is -1.75. The van der Waals surface area contributed by atoms with E-state index in [2.05, 4.69) is 0 Å². The SMILES string of the molecule is COc1ccc(CN(C)C(=O)C(CN)C(C)C)cc1OC. The van der Waals surface area contributed by atoms with Gasteiger partial charge in [0.1, 0.15) is 0 Å². The molecule has 0 spiro atoms. The fourth-order valence-electron chi connectivity index (χ4n) is 2.27. The highest BCUT2D eigenvalue weighted by Gasteiger charge is 2.23. The monoisotopic (exact) mass is 294 g/mol. The standard InChI is InChI=1S/C16H26N2O3/c1-11(2)13(9-17)16(19)18(3)10-12-6-7-14(20-4)15(8-12)21-5/h6-8,11,13H,9-10,17H2,1-5H3. The number of rotatable bonds is 7. The molecule has 1 amide bonds. The summed E-state index contributed by atoms with van der Waals surface area (Å²) in [6, 6.07) is 5.66. The topological polar surface area (TPSA) is 64.8 Å². The van der Waals surface area contributed by atoms with Gasteiger partial charge in [0.05, 0.1) is 20.1 Å². The summed E-state index contributed by atoms with van der Waals surface area (Å²) in [5.41, 5.74) is 6.69. The number of carbonyl (C=O) groups excluding carboxylic acids is 1. The van der Waals surface area contributed by atoms with Crippen molar-refractivity contribution < 1.29 is 14.3 Å². The van der Waals surface area contributed by atoms with E-state index in [1.807, 2.05) is 32.0 Å². The Balaban J connectivity index is 2.83. The van der Waals surface area contributed by atoms with Gasteiger partial charge < -0.3 is 20.1 Å². The first-order valence-electron chi connectivity index (χ1n) is 7.10. The fraction of sp³-hybridized carbons (Fsp3) is 0.562. The van der Waals surface area contributed by atoms with Crippen molar-refractivity contribution in [2.24, 2.45) is 17.6 Å². The van der Waals surface area contributed by atoms with E-state index in [4.69, 9.17) is 15.2 Å². The summed E-state index contributed by atoms with van der Waals surface area (Å²) in [7, 11) is 4.99. The van der Waals surface area contributed by atoms with E-state index < -0.39 is 0 Å². The highest BCUT2D eigenvalue weighted by molar-refractivity contribution is 5.79. The van der Waals surface area contributed by atoms with Gasteiger partial charge in [-0.3, -0.25) is 4.79 Å². The summed E-state index contributed by atoms with van der Waals surface area (Å²) in [6.45, 7) is 4.91. The molecular formula is C16H26N2O3. The summed E-state index contributed by atoms with van der Waals surface area (Å²) in [5, 5.41) is 0. The number of amides is 1. The zero-order valence-electron chi connectivity index (χ0n) is 13.6. The van der Waals surface area contributed by atoms with Crippen LogP contribution in [0.15, 0.2) is 18.2 Å². The Bertz CT molecular complexity index is 475. The molecule has 1 atom stereocenters. The average molecular weight is 294 g/mol. The van der Waals surface area contributed by atoms with E-state index in [9.17, 15) is 4.79 Å². The summed E-state index contributed by atoms with van der Waals surface area (Å²) in [4.78, 5) is 14.1. The van der Waals surface area contributed by atoms with Crippen molar-refractivity contribution in [3.63, 3.8) is 0 Å². The van der Waals surface area contributed by atoms with Crippen molar-refractivity contribution in [3.05, 3.63) is 23.8 Å². The highest BCUT2D eigenvalue weighted by atomic mass is 16.5. The molecule has 0 heterocycles. The smallest absolute Gasteiger partial charge is 0.227 e. The quantitative estimate of drug-likeness (QED) is 0.834. The number of nitrogens with zero attached hydrogens (tertiary/aromatic N) is 1. The second-order valence-electron chi connectivity index (χ2n) is 5.47. The molecule has 2 N–H and O–H groups in total. The number of nitrogens with two attached hydrogens (primary N) is 1. The lowest BCUT2D eigenvalue weighted by Gasteiger charge is -2.25. The third-order valence-electron chi connectivity index (χ3n) is 3.62. The molecule has 0 aliphatic carbocycles. The normalized spacial score (nSPS) is 12.1. The number of ether oxygens (including phenoxy) is 2. The molecule has 118 valence electrons. The molecule has 0 aromatic heterocycles. The van der Waals surface area contributed by atoms with Crippen molar-refractivity contribution in [3.8, 4) is 11.5 Å². The Kier molecular flexibility index (Phi) is 6.49. The van der Waals surface area contributed by atoms with Crippen LogP contribution >= 0.6 is 0 Å². The lowest BCUT2D eigenvalue weighted by molar-refractivity contribution is -0.135. The van der Waals surface area contributed by atoms with Crippen LogP contribution in [0.4, 0.5) is 0 Å². The van der Waals surface area contributed by atoms with Crippen LogP contribution in [0, 0.1) is 11.8 Å². The Labute approximate surface area is 127 Å². The van der Waals surface area contributed by atoms with Gasteiger partial charge in [-0.05, 0) is 23.6 Å². The van der Waals surface area contributed by atoms with Gasteiger partial charge in [0.15, 0.2) is 11.5 Å². The van der Waals surface area contributed by atoms with Crippen LogP contribution < -0.4 is 15.2 Å². The predicted molar refractivity (Wildman–Crippen MR) is 83.4 cm³/mol. The molecule has 5 heteroatoms. The molecule has 1 aromatic rings. The Morgan fingerprint density at radius 1 is 1.24 bits per heavy atom. The van der Waals surface area contributed by atoms with Gasteiger partial charge in [0, 0.05) is 20.1 Å². The first-order chi connectivity index (χ1) is 9.94. The van der Waals surface area contributed by atoms with Gasteiger partial charge in [-0.2, -0.15) is 0 Å². The summed E-state index contributed by atoms with van der Waals surface area (Å²) in [5.74, 6) is 1.50. The van der Waals surface area contributed by atoms with Crippen LogP contribution in [0.1, 0.15) is 19.4 Å². The molecule has 1 aromatic carbocycles. The van der Waals surface area contributed by atoms with E-state index >= 15 is 0 Å². The van der Waals surface area contributed by atoms with Crippen LogP contribution in [0.2, 0.25) is 0 Å². The molecule has 1 unspecified atom stereocenters. The van der Waals surface area contributed by atoms with E-state index in [1.165, 1.54) is 0 Å². The zero-order chi connectivity index (χ0) is 16.0. The van der Waals surface area contributed by atoms with Crippen LogP contribution in [0.25, 0.3) is 0 Å². The van der Waals surface area contributed by atoms with Gasteiger partial charge in [-0.1, -0.05) is 19.9 Å². The molecule has 0 aliphatic rings. The number of methoxy groups -OCH3 is 2. The van der Waals surface area contributed by atoms with Crippen LogP contribution in [0.5, 0.6) is 11.5 Å². The van der Waals surface area contributed by atoms with E-state index in [0.717, 1.165) is 5.56 Å². The maximum Gasteiger partial charge on any atom is 0.227 e. The number of hydrogen-bond acceptors (Lipinski definition) is 4. The molecule has 5 nitrogen and oxygen atoms in total. The van der Waals surface area contributed by atoms with Crippen molar-refractivity contribution in [1.82, 2.24) is 4.90 Å². The molecule has 0 aliphatic heterocycles. The molecule has 21 heavy (non-hydrogen) atoms. The number of hydrogen-bond donors (Lipinski definition) is 1. The minimum absolute atomic E-state index is 0.0716. The zero-order valence-corrected chi connectivity index (χ0v) is 13.6. The van der Waals surface area contributed by atoms with Gasteiger partial charge >= 0.3 is 0 Å². The van der Waals surface area contributed by atoms with Crippen molar-refractivity contribution in [2.45, 2.75) is 20.4 Å². The van der Waals surface area contributed by atoms with Gasteiger partial charge in [-0.25, -0.2) is 0 Å². The minimum atomic E-state index is -0.143. The van der Waals surface area contributed by atoms with Crippen LogP contribution in [-0.4, -0.2) is 38.6 Å². The maximum absolute atomic E-state index is 12.4. The van der Waals surface area contributed by atoms with Gasteiger partial charge in [0.25, 0.3) is 0 Å². The van der Waals surface area contributed by atoms with Crippen molar-refractivity contribution in [2.75, 3.05) is 27.8 Å². The first-order valence-corrected chi connectivity index (χ1v) is 7.10. The number of benzene rings is 1. The Morgan fingerprint density at radius 2 is 1.86 bits per heavy atom. The molecule has 0 radical (unpaired) electrons. The lowest BCUT2D eigenvalue weighted by Crippen LogP contribution is -2.38. The summed E-state index contributed by atoms with van der Waals surface area (Å²) in [6.07, 6.45) is 0. The third kappa shape index (κ3) is 4.36. The maximum atomic E-state index is 12.4. The largest absolute Gasteiger partial charge is 0.493 e. The average Bonchev–Trinajstić information content (AvgIpc) is 2.47. The molecule has 0 saturated carbocycles. The molecule has 0 bridgehead atoms. The van der Waals surface area contributed by atoms with E-state index in [0.29, 0.717) is 24.6 Å². The van der Waals surface area contributed by atoms with Crippen LogP contribution in [0.3, 0.4) is 0 Å². The van der Waals surface area contributed by atoms with Crippen LogP contribution in [-0.2, 0) is 11.3 Å². The molecule has 1 rings (SSSR count). The molecule has 0 saturated heterocycles. The lowest BCUT2D eigenvalue weighted by atomic mass is 9.94. The van der Waals surface area contributed by atoms with Gasteiger partial charge in [0.2, 0.25) is 5.91 Å².